The summed E-state index contributed by atoms with van der Waals surface area (Å²) in [4.78, 5) is 10.3. The highest BCUT2D eigenvalue weighted by Gasteiger charge is 2.16. The van der Waals surface area contributed by atoms with E-state index in [1.165, 1.54) is 0 Å². The molecule has 0 saturated carbocycles. The second-order valence-electron chi connectivity index (χ2n) is 2.13. The van der Waals surface area contributed by atoms with Crippen molar-refractivity contribution < 1.29 is 24.5 Å². The van der Waals surface area contributed by atoms with Crippen molar-refractivity contribution in [1.29, 1.82) is 0 Å². The van der Waals surface area contributed by atoms with Crippen LogP contribution >= 0.6 is 0 Å². The van der Waals surface area contributed by atoms with Gasteiger partial charge in [-0.2, -0.15) is 0 Å². The Morgan fingerprint density at radius 1 is 1.33 bits per heavy atom. The summed E-state index contributed by atoms with van der Waals surface area (Å²) in [6.45, 7) is 0. The van der Waals surface area contributed by atoms with Gasteiger partial charge in [-0.1, -0.05) is 0 Å². The summed E-state index contributed by atoms with van der Waals surface area (Å²) in [7, 11) is 0. The first-order valence-corrected chi connectivity index (χ1v) is 2.97. The highest BCUT2D eigenvalue weighted by Crippen LogP contribution is 2.25. The summed E-state index contributed by atoms with van der Waals surface area (Å²) in [5.74, 6) is -4.06. The lowest BCUT2D eigenvalue weighted by Gasteiger charge is -2.00. The van der Waals surface area contributed by atoms with E-state index < -0.39 is 28.8 Å². The predicted octanol–water partition coefficient (Wildman–Crippen LogP) is 0.935. The molecule has 64 valence electrons. The fraction of sp³-hybridized carbons (Fsp3) is 0. The van der Waals surface area contributed by atoms with Gasteiger partial charge in [-0.15, -0.1) is 0 Å². The predicted molar refractivity (Wildman–Crippen MR) is 36.7 cm³/mol. The van der Waals surface area contributed by atoms with Crippen molar-refractivity contribution in [2.24, 2.45) is 0 Å². The lowest BCUT2D eigenvalue weighted by molar-refractivity contribution is 0.0688. The second kappa shape index (κ2) is 2.69. The molecule has 0 unspecified atom stereocenters. The molecule has 0 amide bonds. The third kappa shape index (κ3) is 1.29. The first-order chi connectivity index (χ1) is 5.52. The first-order valence-electron chi connectivity index (χ1n) is 2.97. The van der Waals surface area contributed by atoms with Crippen molar-refractivity contribution in [2.45, 2.75) is 0 Å². The highest BCUT2D eigenvalue weighted by atomic mass is 19.1. The number of halogens is 1. The summed E-state index contributed by atoms with van der Waals surface area (Å²) >= 11 is 0. The molecule has 0 atom stereocenters. The number of phenolic OH excluding ortho intramolecular Hbond substituents is 1. The molecule has 0 aliphatic heterocycles. The number of benzene rings is 1. The van der Waals surface area contributed by atoms with Crippen LogP contribution in [0.2, 0.25) is 0 Å². The topological polar surface area (TPSA) is 77.8 Å². The van der Waals surface area contributed by atoms with Crippen LogP contribution in [0.5, 0.6) is 11.5 Å². The van der Waals surface area contributed by atoms with E-state index in [1.807, 2.05) is 0 Å². The minimum absolute atomic E-state index is 0.519. The summed E-state index contributed by atoms with van der Waals surface area (Å²) < 4.78 is 12.7. The van der Waals surface area contributed by atoms with Crippen LogP contribution in [-0.4, -0.2) is 21.3 Å². The molecule has 0 spiro atoms. The summed E-state index contributed by atoms with van der Waals surface area (Å²) in [5.41, 5.74) is -0.840. The van der Waals surface area contributed by atoms with Crippen molar-refractivity contribution in [1.82, 2.24) is 0 Å². The molecule has 0 saturated heterocycles. The minimum Gasteiger partial charge on any atom is -0.508 e. The third-order valence-electron chi connectivity index (χ3n) is 1.27. The Labute approximate surface area is 66.5 Å². The van der Waals surface area contributed by atoms with Crippen LogP contribution in [0.15, 0.2) is 12.1 Å². The number of carbonyl (C=O) groups is 1. The molecule has 5 heteroatoms. The Morgan fingerprint density at radius 3 is 2.33 bits per heavy atom. The number of carboxylic acids is 1. The van der Waals surface area contributed by atoms with Crippen molar-refractivity contribution >= 4 is 5.97 Å². The molecule has 0 radical (unpaired) electrons. The number of phenols is 2. The van der Waals surface area contributed by atoms with Crippen molar-refractivity contribution in [2.75, 3.05) is 0 Å². The van der Waals surface area contributed by atoms with Crippen LogP contribution in [0.3, 0.4) is 0 Å². The van der Waals surface area contributed by atoms with E-state index in [4.69, 9.17) is 15.3 Å². The van der Waals surface area contributed by atoms with Gasteiger partial charge in [0.05, 0.1) is 0 Å². The minimum atomic E-state index is -1.58. The summed E-state index contributed by atoms with van der Waals surface area (Å²) in [6, 6.07) is 1.37. The number of rotatable bonds is 1. The Morgan fingerprint density at radius 2 is 1.92 bits per heavy atom. The quantitative estimate of drug-likeness (QED) is 0.588. The standard InChI is InChI=1S/C7H5FO4/c8-4-1-3(9)2-5(10)6(4)7(11)12/h1-2,9-10H,(H,11,12). The first kappa shape index (κ1) is 8.32. The van der Waals surface area contributed by atoms with E-state index >= 15 is 0 Å². The van der Waals surface area contributed by atoms with Crippen LogP contribution < -0.4 is 0 Å². The van der Waals surface area contributed by atoms with Crippen molar-refractivity contribution in [3.05, 3.63) is 23.5 Å². The normalized spacial score (nSPS) is 9.75. The second-order valence-corrected chi connectivity index (χ2v) is 2.13. The monoisotopic (exact) mass is 172 g/mol. The van der Waals surface area contributed by atoms with Gasteiger partial charge in [0.15, 0.2) is 0 Å². The number of hydrogen-bond donors (Lipinski definition) is 3. The van der Waals surface area contributed by atoms with E-state index in [2.05, 4.69) is 0 Å². The van der Waals surface area contributed by atoms with Crippen LogP contribution in [0.4, 0.5) is 4.39 Å². The molecule has 0 aliphatic carbocycles. The van der Waals surface area contributed by atoms with Crippen molar-refractivity contribution in [3.63, 3.8) is 0 Å². The van der Waals surface area contributed by atoms with E-state index in [9.17, 15) is 9.18 Å². The Hall–Kier alpha value is -1.78. The van der Waals surface area contributed by atoms with Gasteiger partial charge in [0.1, 0.15) is 22.9 Å². The van der Waals surface area contributed by atoms with Gasteiger partial charge in [-0.25, -0.2) is 9.18 Å². The molecule has 1 aromatic rings. The molecule has 1 aromatic carbocycles. The third-order valence-corrected chi connectivity index (χ3v) is 1.27. The zero-order valence-corrected chi connectivity index (χ0v) is 5.78. The number of aromatic carboxylic acids is 1. The molecule has 0 heterocycles. The van der Waals surface area contributed by atoms with Gasteiger partial charge in [0.25, 0.3) is 0 Å². The molecule has 0 fully saturated rings. The van der Waals surface area contributed by atoms with Crippen LogP contribution in [0.25, 0.3) is 0 Å². The zero-order valence-electron chi connectivity index (χ0n) is 5.78. The Bertz CT molecular complexity index is 311. The zero-order chi connectivity index (χ0) is 9.30. The van der Waals surface area contributed by atoms with Gasteiger partial charge >= 0.3 is 5.97 Å². The SMILES string of the molecule is O=C(O)c1c(O)cc(O)cc1F. The molecule has 1 rings (SSSR count). The maximum absolute atomic E-state index is 12.7. The van der Waals surface area contributed by atoms with Gasteiger partial charge in [0.2, 0.25) is 0 Å². The van der Waals surface area contributed by atoms with Crippen LogP contribution in [0.1, 0.15) is 10.4 Å². The average Bonchev–Trinajstić information content (AvgIpc) is 1.82. The van der Waals surface area contributed by atoms with Crippen molar-refractivity contribution in [3.8, 4) is 11.5 Å². The fourth-order valence-electron chi connectivity index (χ4n) is 0.790. The molecule has 0 aromatic heterocycles. The Kier molecular flexibility index (Phi) is 1.86. The molecule has 3 N–H and O–H groups in total. The highest BCUT2D eigenvalue weighted by molar-refractivity contribution is 5.91. The van der Waals surface area contributed by atoms with Crippen LogP contribution in [-0.2, 0) is 0 Å². The summed E-state index contributed by atoms with van der Waals surface area (Å²) in [6.07, 6.45) is 0. The fourth-order valence-corrected chi connectivity index (χ4v) is 0.790. The largest absolute Gasteiger partial charge is 0.508 e. The Balaban J connectivity index is 3.38. The van der Waals surface area contributed by atoms with E-state index in [1.54, 1.807) is 0 Å². The lowest BCUT2D eigenvalue weighted by Crippen LogP contribution is -2.00. The van der Waals surface area contributed by atoms with Gasteiger partial charge in [-0.05, 0) is 0 Å². The molecule has 4 nitrogen and oxygen atoms in total. The van der Waals surface area contributed by atoms with Crippen LogP contribution in [0, 0.1) is 5.82 Å². The van der Waals surface area contributed by atoms with Gasteiger partial charge < -0.3 is 15.3 Å². The molecular formula is C7H5FO4. The van der Waals surface area contributed by atoms with Gasteiger partial charge in [-0.3, -0.25) is 0 Å². The molecule has 0 aliphatic rings. The summed E-state index contributed by atoms with van der Waals surface area (Å²) in [5, 5.41) is 25.9. The smallest absolute Gasteiger partial charge is 0.342 e. The maximum Gasteiger partial charge on any atom is 0.342 e. The number of aromatic hydroxyl groups is 2. The lowest BCUT2D eigenvalue weighted by atomic mass is 10.2. The average molecular weight is 172 g/mol. The van der Waals surface area contributed by atoms with E-state index in [0.29, 0.717) is 6.07 Å². The number of hydrogen-bond acceptors (Lipinski definition) is 3. The molecule has 12 heavy (non-hydrogen) atoms. The molecule has 0 bridgehead atoms. The van der Waals surface area contributed by atoms with E-state index in [-0.39, 0.29) is 0 Å². The molecular weight excluding hydrogens is 167 g/mol. The van der Waals surface area contributed by atoms with Gasteiger partial charge in [0, 0.05) is 12.1 Å². The number of carboxylic acid groups (broad SMARTS) is 1. The maximum atomic E-state index is 12.7. The van der Waals surface area contributed by atoms with E-state index in [0.717, 1.165) is 6.07 Å².